The van der Waals surface area contributed by atoms with E-state index >= 15 is 0 Å². The van der Waals surface area contributed by atoms with E-state index in [2.05, 4.69) is 28.9 Å². The lowest BCUT2D eigenvalue weighted by Gasteiger charge is -2.15. The summed E-state index contributed by atoms with van der Waals surface area (Å²) in [6.45, 7) is 4.09. The van der Waals surface area contributed by atoms with Gasteiger partial charge in [0.05, 0.1) is 0 Å². The highest BCUT2D eigenvalue weighted by molar-refractivity contribution is 9.10. The van der Waals surface area contributed by atoms with Crippen molar-refractivity contribution in [2.75, 3.05) is 0 Å². The van der Waals surface area contributed by atoms with Gasteiger partial charge in [0.2, 0.25) is 0 Å². The van der Waals surface area contributed by atoms with Crippen LogP contribution in [0.1, 0.15) is 35.3 Å². The fourth-order valence-corrected chi connectivity index (χ4v) is 3.13. The third-order valence-electron chi connectivity index (χ3n) is 3.68. The molecule has 3 rings (SSSR count). The van der Waals surface area contributed by atoms with Gasteiger partial charge in [-0.15, -0.1) is 0 Å². The van der Waals surface area contributed by atoms with Gasteiger partial charge in [-0.05, 0) is 48.7 Å². The van der Waals surface area contributed by atoms with E-state index in [1.54, 1.807) is 0 Å². The molecule has 0 bridgehead atoms. The average Bonchev–Trinajstić information content (AvgIpc) is 2.79. The Morgan fingerprint density at radius 2 is 2.05 bits per heavy atom. The Balaban J connectivity index is 1.97. The van der Waals surface area contributed by atoms with Crippen molar-refractivity contribution >= 4 is 15.9 Å². The van der Waals surface area contributed by atoms with Crippen molar-refractivity contribution in [2.45, 2.75) is 32.5 Å². The summed E-state index contributed by atoms with van der Waals surface area (Å²) >= 11 is 3.52. The Bertz CT molecular complexity index is 651. The first-order valence-corrected chi connectivity index (χ1v) is 7.57. The van der Waals surface area contributed by atoms with Gasteiger partial charge in [-0.25, -0.2) is 0 Å². The molecule has 1 heterocycles. The van der Waals surface area contributed by atoms with Gasteiger partial charge in [0, 0.05) is 10.9 Å². The zero-order valence-electron chi connectivity index (χ0n) is 11.6. The molecule has 2 atom stereocenters. The maximum atomic E-state index is 10.6. The molecule has 3 heteroatoms. The van der Waals surface area contributed by atoms with E-state index in [1.165, 1.54) is 5.56 Å². The number of ether oxygens (including phenoxy) is 1. The molecule has 0 aromatic heterocycles. The molecule has 2 unspecified atom stereocenters. The van der Waals surface area contributed by atoms with Crippen LogP contribution in [-0.2, 0) is 6.42 Å². The minimum absolute atomic E-state index is 0.225. The summed E-state index contributed by atoms with van der Waals surface area (Å²) in [5.41, 5.74) is 4.13. The SMILES string of the molecule is Cc1ccc(Br)c(C(O)c2ccc3c(c2)CC(C)O3)c1. The number of benzene rings is 2. The molecule has 2 nitrogen and oxygen atoms in total. The number of fused-ring (bicyclic) bond motifs is 1. The third-order valence-corrected chi connectivity index (χ3v) is 4.40. The van der Waals surface area contributed by atoms with Crippen LogP contribution in [0.3, 0.4) is 0 Å². The summed E-state index contributed by atoms with van der Waals surface area (Å²) < 4.78 is 6.63. The summed E-state index contributed by atoms with van der Waals surface area (Å²) in [5.74, 6) is 0.941. The second-order valence-electron chi connectivity index (χ2n) is 5.43. The zero-order chi connectivity index (χ0) is 14.3. The number of aliphatic hydroxyl groups is 1. The predicted octanol–water partition coefficient (Wildman–Crippen LogP) is 4.16. The molecule has 104 valence electrons. The van der Waals surface area contributed by atoms with E-state index in [0.717, 1.165) is 33.3 Å². The Labute approximate surface area is 127 Å². The molecule has 0 amide bonds. The second-order valence-corrected chi connectivity index (χ2v) is 6.28. The van der Waals surface area contributed by atoms with E-state index in [0.29, 0.717) is 0 Å². The molecule has 1 aliphatic rings. The van der Waals surface area contributed by atoms with Crippen molar-refractivity contribution in [3.8, 4) is 5.75 Å². The highest BCUT2D eigenvalue weighted by Gasteiger charge is 2.21. The van der Waals surface area contributed by atoms with E-state index < -0.39 is 6.10 Å². The minimum Gasteiger partial charge on any atom is -0.490 e. The van der Waals surface area contributed by atoms with Crippen LogP contribution in [0.15, 0.2) is 40.9 Å². The number of hydrogen-bond acceptors (Lipinski definition) is 2. The van der Waals surface area contributed by atoms with Gasteiger partial charge in [-0.3, -0.25) is 0 Å². The monoisotopic (exact) mass is 332 g/mol. The van der Waals surface area contributed by atoms with E-state index in [9.17, 15) is 5.11 Å². The summed E-state index contributed by atoms with van der Waals surface area (Å²) in [6, 6.07) is 12.0. The van der Waals surface area contributed by atoms with Crippen LogP contribution in [0, 0.1) is 6.92 Å². The quantitative estimate of drug-likeness (QED) is 0.894. The zero-order valence-corrected chi connectivity index (χ0v) is 13.1. The minimum atomic E-state index is -0.620. The first-order chi connectivity index (χ1) is 9.54. The molecule has 20 heavy (non-hydrogen) atoms. The Morgan fingerprint density at radius 1 is 1.25 bits per heavy atom. The lowest BCUT2D eigenvalue weighted by atomic mass is 9.97. The summed E-state index contributed by atoms with van der Waals surface area (Å²) in [6.07, 6.45) is 0.513. The van der Waals surface area contributed by atoms with Crippen LogP contribution in [0.25, 0.3) is 0 Å². The number of rotatable bonds is 2. The maximum absolute atomic E-state index is 10.6. The highest BCUT2D eigenvalue weighted by Crippen LogP contribution is 2.34. The smallest absolute Gasteiger partial charge is 0.123 e. The first kappa shape index (κ1) is 13.7. The summed E-state index contributed by atoms with van der Waals surface area (Å²) in [5, 5.41) is 10.6. The summed E-state index contributed by atoms with van der Waals surface area (Å²) in [7, 11) is 0. The normalized spacial score (nSPS) is 18.5. The molecule has 0 saturated heterocycles. The van der Waals surface area contributed by atoms with Crippen molar-refractivity contribution in [3.63, 3.8) is 0 Å². The molecule has 2 aromatic rings. The molecule has 0 radical (unpaired) electrons. The lowest BCUT2D eigenvalue weighted by molar-refractivity contribution is 0.219. The lowest BCUT2D eigenvalue weighted by Crippen LogP contribution is -2.05. The molecular formula is C17H17BrO2. The van der Waals surface area contributed by atoms with Crippen LogP contribution in [0.5, 0.6) is 5.75 Å². The molecule has 1 N–H and O–H groups in total. The average molecular weight is 333 g/mol. The standard InChI is InChI=1S/C17H17BrO2/c1-10-3-5-15(18)14(7-10)17(19)12-4-6-16-13(9-12)8-11(2)20-16/h3-7,9,11,17,19H,8H2,1-2H3. The number of aliphatic hydroxyl groups excluding tert-OH is 1. The number of aryl methyl sites for hydroxylation is 1. The number of hydrogen-bond donors (Lipinski definition) is 1. The van der Waals surface area contributed by atoms with Gasteiger partial charge in [0.25, 0.3) is 0 Å². The largest absolute Gasteiger partial charge is 0.490 e. The van der Waals surface area contributed by atoms with Gasteiger partial charge in [0.1, 0.15) is 18.0 Å². The van der Waals surface area contributed by atoms with Gasteiger partial charge in [-0.2, -0.15) is 0 Å². The maximum Gasteiger partial charge on any atom is 0.123 e. The fourth-order valence-electron chi connectivity index (χ4n) is 2.66. The molecule has 0 spiro atoms. The third kappa shape index (κ3) is 2.48. The highest BCUT2D eigenvalue weighted by atomic mass is 79.9. The van der Waals surface area contributed by atoms with Crippen LogP contribution in [-0.4, -0.2) is 11.2 Å². The molecule has 1 aliphatic heterocycles. The van der Waals surface area contributed by atoms with Crippen LogP contribution in [0.4, 0.5) is 0 Å². The van der Waals surface area contributed by atoms with Crippen LogP contribution in [0.2, 0.25) is 0 Å². The van der Waals surface area contributed by atoms with Gasteiger partial charge in [0.15, 0.2) is 0 Å². The topological polar surface area (TPSA) is 29.5 Å². The molecule has 0 saturated carbocycles. The van der Waals surface area contributed by atoms with Crippen molar-refractivity contribution in [3.05, 3.63) is 63.1 Å². The molecule has 0 fully saturated rings. The first-order valence-electron chi connectivity index (χ1n) is 6.78. The summed E-state index contributed by atoms with van der Waals surface area (Å²) in [4.78, 5) is 0. The van der Waals surface area contributed by atoms with Crippen molar-refractivity contribution in [1.29, 1.82) is 0 Å². The van der Waals surface area contributed by atoms with Crippen molar-refractivity contribution in [2.24, 2.45) is 0 Å². The fraction of sp³-hybridized carbons (Fsp3) is 0.294. The molecular weight excluding hydrogens is 316 g/mol. The predicted molar refractivity (Wildman–Crippen MR) is 83.2 cm³/mol. The van der Waals surface area contributed by atoms with E-state index in [4.69, 9.17) is 4.74 Å². The second kappa shape index (κ2) is 5.23. The van der Waals surface area contributed by atoms with E-state index in [-0.39, 0.29) is 6.10 Å². The molecule has 0 aliphatic carbocycles. The Morgan fingerprint density at radius 3 is 2.85 bits per heavy atom. The Hall–Kier alpha value is -1.32. The Kier molecular flexibility index (Phi) is 3.57. The van der Waals surface area contributed by atoms with Gasteiger partial charge >= 0.3 is 0 Å². The van der Waals surface area contributed by atoms with E-state index in [1.807, 2.05) is 37.3 Å². The van der Waals surface area contributed by atoms with Gasteiger partial charge < -0.3 is 9.84 Å². The molecule has 2 aromatic carbocycles. The number of halogens is 1. The van der Waals surface area contributed by atoms with Gasteiger partial charge in [-0.1, -0.05) is 39.7 Å². The van der Waals surface area contributed by atoms with Crippen LogP contribution >= 0.6 is 15.9 Å². The van der Waals surface area contributed by atoms with Crippen LogP contribution < -0.4 is 4.74 Å². The van der Waals surface area contributed by atoms with Crippen molar-refractivity contribution < 1.29 is 9.84 Å². The van der Waals surface area contributed by atoms with Crippen molar-refractivity contribution in [1.82, 2.24) is 0 Å².